The van der Waals surface area contributed by atoms with Crippen LogP contribution < -0.4 is 15.0 Å². The molecule has 2 rings (SSSR count). The molecule has 1 aliphatic heterocycles. The Labute approximate surface area is 131 Å². The van der Waals surface area contributed by atoms with Gasteiger partial charge in [0.1, 0.15) is 12.4 Å². The molecule has 2 amide bonds. The minimum atomic E-state index is -0.581. The number of anilines is 2. The highest BCUT2D eigenvalue weighted by Crippen LogP contribution is 2.38. The molecule has 0 aromatic heterocycles. The number of amides is 2. The molecule has 0 aliphatic carbocycles. The van der Waals surface area contributed by atoms with E-state index < -0.39 is 5.41 Å². The highest BCUT2D eigenvalue weighted by Gasteiger charge is 2.37. The van der Waals surface area contributed by atoms with E-state index in [1.807, 2.05) is 19.9 Å². The second kappa shape index (κ2) is 5.99. The van der Waals surface area contributed by atoms with Crippen LogP contribution in [0.5, 0.6) is 5.75 Å². The van der Waals surface area contributed by atoms with Crippen molar-refractivity contribution in [1.29, 1.82) is 0 Å². The summed E-state index contributed by atoms with van der Waals surface area (Å²) < 4.78 is 5.85. The number of benzene rings is 1. The maximum absolute atomic E-state index is 12.8. The van der Waals surface area contributed by atoms with Crippen LogP contribution in [0, 0.1) is 11.3 Å². The van der Waals surface area contributed by atoms with Crippen LogP contribution in [0.4, 0.5) is 11.4 Å². The molecule has 22 heavy (non-hydrogen) atoms. The van der Waals surface area contributed by atoms with Gasteiger partial charge in [-0.3, -0.25) is 9.59 Å². The maximum atomic E-state index is 12.8. The Bertz CT molecular complexity index is 594. The third-order valence-corrected chi connectivity index (χ3v) is 3.53. The van der Waals surface area contributed by atoms with Crippen LogP contribution in [0.1, 0.15) is 34.6 Å². The molecule has 1 N–H and O–H groups in total. The molecule has 1 aromatic rings. The Morgan fingerprint density at radius 2 is 2.09 bits per heavy atom. The van der Waals surface area contributed by atoms with Gasteiger partial charge in [0.15, 0.2) is 0 Å². The third-order valence-electron chi connectivity index (χ3n) is 3.53. The Kier molecular flexibility index (Phi) is 4.44. The van der Waals surface area contributed by atoms with Gasteiger partial charge in [-0.25, -0.2) is 0 Å². The predicted molar refractivity (Wildman–Crippen MR) is 87.2 cm³/mol. The number of nitrogens with one attached hydrogen (secondary N) is 1. The number of ether oxygens (including phenoxy) is 1. The van der Waals surface area contributed by atoms with Gasteiger partial charge in [-0.05, 0) is 31.9 Å². The molecule has 0 atom stereocenters. The van der Waals surface area contributed by atoms with Gasteiger partial charge in [0.05, 0.1) is 11.1 Å². The number of carbonyl (C=O) groups excluding carboxylic acids is 2. The van der Waals surface area contributed by atoms with Crippen molar-refractivity contribution in [3.63, 3.8) is 0 Å². The molecule has 5 nitrogen and oxygen atoms in total. The third kappa shape index (κ3) is 3.40. The predicted octanol–water partition coefficient (Wildman–Crippen LogP) is 3.05. The molecule has 0 saturated carbocycles. The molecular formula is C17H24N2O3. The molecule has 0 saturated heterocycles. The first-order valence-corrected chi connectivity index (χ1v) is 7.57. The van der Waals surface area contributed by atoms with Gasteiger partial charge in [-0.2, -0.15) is 0 Å². The number of fused-ring (bicyclic) bond motifs is 1. The minimum Gasteiger partial charge on any atom is -0.490 e. The highest BCUT2D eigenvalue weighted by atomic mass is 16.5. The normalized spacial score (nSPS) is 16.8. The Balaban J connectivity index is 2.45. The van der Waals surface area contributed by atoms with Gasteiger partial charge < -0.3 is 15.0 Å². The summed E-state index contributed by atoms with van der Waals surface area (Å²) in [6, 6.07) is 5.41. The number of nitrogens with zero attached hydrogens (tertiary/aromatic N) is 1. The zero-order valence-corrected chi connectivity index (χ0v) is 13.9. The smallest absolute Gasteiger partial charge is 0.236 e. The summed E-state index contributed by atoms with van der Waals surface area (Å²) in [4.78, 5) is 25.8. The summed E-state index contributed by atoms with van der Waals surface area (Å²) in [6.45, 7) is 10.4. The van der Waals surface area contributed by atoms with Crippen molar-refractivity contribution in [3.05, 3.63) is 18.2 Å². The molecular weight excluding hydrogens is 280 g/mol. The van der Waals surface area contributed by atoms with Crippen LogP contribution in [-0.4, -0.2) is 25.0 Å². The van der Waals surface area contributed by atoms with Gasteiger partial charge in [0.2, 0.25) is 11.8 Å². The molecule has 1 heterocycles. The van der Waals surface area contributed by atoms with Crippen molar-refractivity contribution in [2.75, 3.05) is 23.4 Å². The van der Waals surface area contributed by atoms with Gasteiger partial charge >= 0.3 is 0 Å². The molecule has 1 aromatic carbocycles. The number of hydrogen-bond donors (Lipinski definition) is 1. The van der Waals surface area contributed by atoms with Gasteiger partial charge in [-0.15, -0.1) is 0 Å². The summed E-state index contributed by atoms with van der Waals surface area (Å²) in [5, 5.41) is 2.74. The fraction of sp³-hybridized carbons (Fsp3) is 0.529. The van der Waals surface area contributed by atoms with E-state index in [2.05, 4.69) is 19.2 Å². The molecule has 1 aliphatic rings. The standard InChI is InChI=1S/C17H24N2O3/c1-11(2)9-19-14-7-6-13(18-12(3)20)8-15(14)22-10-17(4,5)16(19)21/h6-8,11H,9-10H2,1-5H3,(H,18,20). The first-order chi connectivity index (χ1) is 10.2. The highest BCUT2D eigenvalue weighted by molar-refractivity contribution is 6.00. The average Bonchev–Trinajstić information content (AvgIpc) is 2.49. The summed E-state index contributed by atoms with van der Waals surface area (Å²) in [5.74, 6) is 0.905. The van der Waals surface area contributed by atoms with E-state index >= 15 is 0 Å². The van der Waals surface area contributed by atoms with Crippen molar-refractivity contribution in [3.8, 4) is 5.75 Å². The quantitative estimate of drug-likeness (QED) is 0.933. The van der Waals surface area contributed by atoms with Gasteiger partial charge in [0.25, 0.3) is 0 Å². The lowest BCUT2D eigenvalue weighted by Crippen LogP contribution is -2.43. The molecule has 0 bridgehead atoms. The SMILES string of the molecule is CC(=O)Nc1ccc2c(c1)OCC(C)(C)C(=O)N2CC(C)C. The summed E-state index contributed by atoms with van der Waals surface area (Å²) in [7, 11) is 0. The zero-order valence-electron chi connectivity index (χ0n) is 13.9. The summed E-state index contributed by atoms with van der Waals surface area (Å²) >= 11 is 0. The lowest BCUT2D eigenvalue weighted by atomic mass is 9.92. The number of carbonyl (C=O) groups is 2. The average molecular weight is 304 g/mol. The van der Waals surface area contributed by atoms with Crippen LogP contribution in [0.2, 0.25) is 0 Å². The first kappa shape index (κ1) is 16.3. The van der Waals surface area contributed by atoms with E-state index in [0.29, 0.717) is 30.5 Å². The lowest BCUT2D eigenvalue weighted by molar-refractivity contribution is -0.127. The van der Waals surface area contributed by atoms with Crippen molar-refractivity contribution in [2.45, 2.75) is 34.6 Å². The topological polar surface area (TPSA) is 58.6 Å². The molecule has 0 spiro atoms. The van der Waals surface area contributed by atoms with E-state index in [1.54, 1.807) is 17.0 Å². The molecule has 5 heteroatoms. The van der Waals surface area contributed by atoms with Crippen LogP contribution in [-0.2, 0) is 9.59 Å². The fourth-order valence-corrected chi connectivity index (χ4v) is 2.47. The Morgan fingerprint density at radius 3 is 2.68 bits per heavy atom. The number of rotatable bonds is 3. The van der Waals surface area contributed by atoms with Crippen molar-refractivity contribution in [1.82, 2.24) is 0 Å². The molecule has 0 unspecified atom stereocenters. The van der Waals surface area contributed by atoms with Gasteiger partial charge in [-0.1, -0.05) is 13.8 Å². The molecule has 0 fully saturated rings. The van der Waals surface area contributed by atoms with Crippen LogP contribution >= 0.6 is 0 Å². The van der Waals surface area contributed by atoms with E-state index in [-0.39, 0.29) is 11.8 Å². The van der Waals surface area contributed by atoms with Gasteiger partial charge in [0, 0.05) is 25.2 Å². The maximum Gasteiger partial charge on any atom is 0.236 e. The van der Waals surface area contributed by atoms with Crippen LogP contribution in [0.25, 0.3) is 0 Å². The fourth-order valence-electron chi connectivity index (χ4n) is 2.47. The second-order valence-corrected chi connectivity index (χ2v) is 6.85. The van der Waals surface area contributed by atoms with Crippen LogP contribution in [0.15, 0.2) is 18.2 Å². The molecule has 120 valence electrons. The Morgan fingerprint density at radius 1 is 1.41 bits per heavy atom. The van der Waals surface area contributed by atoms with Crippen molar-refractivity contribution >= 4 is 23.2 Å². The van der Waals surface area contributed by atoms with E-state index in [4.69, 9.17) is 4.74 Å². The molecule has 0 radical (unpaired) electrons. The first-order valence-electron chi connectivity index (χ1n) is 7.57. The summed E-state index contributed by atoms with van der Waals surface area (Å²) in [6.07, 6.45) is 0. The Hall–Kier alpha value is -2.04. The van der Waals surface area contributed by atoms with Crippen molar-refractivity contribution in [2.24, 2.45) is 11.3 Å². The van der Waals surface area contributed by atoms with Crippen molar-refractivity contribution < 1.29 is 14.3 Å². The second-order valence-electron chi connectivity index (χ2n) is 6.85. The van der Waals surface area contributed by atoms with E-state index in [9.17, 15) is 9.59 Å². The summed E-state index contributed by atoms with van der Waals surface area (Å²) in [5.41, 5.74) is 0.850. The van der Waals surface area contributed by atoms with E-state index in [0.717, 1.165) is 5.69 Å². The lowest BCUT2D eigenvalue weighted by Gasteiger charge is -2.29. The number of hydrogen-bond acceptors (Lipinski definition) is 3. The minimum absolute atomic E-state index is 0.0622. The zero-order chi connectivity index (χ0) is 16.5. The largest absolute Gasteiger partial charge is 0.490 e. The van der Waals surface area contributed by atoms with E-state index in [1.165, 1.54) is 6.92 Å². The van der Waals surface area contributed by atoms with Crippen LogP contribution in [0.3, 0.4) is 0 Å². The monoisotopic (exact) mass is 304 g/mol.